The zero-order chi connectivity index (χ0) is 23.5. The van der Waals surface area contributed by atoms with Crippen LogP contribution in [0, 0.1) is 5.41 Å². The van der Waals surface area contributed by atoms with E-state index in [0.717, 1.165) is 24.3 Å². The number of nitrogens with one attached hydrogen (secondary N) is 2. The van der Waals surface area contributed by atoms with Crippen molar-refractivity contribution in [2.45, 2.75) is 16.2 Å². The van der Waals surface area contributed by atoms with Gasteiger partial charge in [-0.25, -0.2) is 21.8 Å². The third-order valence-electron chi connectivity index (χ3n) is 4.22. The standard InChI is InChI=1S/C19H15BrClFN4O4S2/c20-16-12-25-19(17(16)18(21)23)24-11-10-13-6-8-15(9-7-13)32(29,30)26(22)31(27,28)14-4-2-1-3-5-14/h1-9,11-12,23,25H,10H2/b23-18?,24-11-. The van der Waals surface area contributed by atoms with E-state index in [-0.39, 0.29) is 11.6 Å². The first-order chi connectivity index (χ1) is 15.0. The molecule has 0 fully saturated rings. The van der Waals surface area contributed by atoms with Crippen molar-refractivity contribution in [2.24, 2.45) is 4.99 Å². The summed E-state index contributed by atoms with van der Waals surface area (Å²) in [6, 6.07) is 11.5. The third-order valence-corrected chi connectivity index (χ3v) is 8.70. The van der Waals surface area contributed by atoms with Crippen molar-refractivity contribution in [2.75, 3.05) is 0 Å². The van der Waals surface area contributed by atoms with Crippen LogP contribution in [-0.4, -0.2) is 37.1 Å². The van der Waals surface area contributed by atoms with Gasteiger partial charge in [-0.1, -0.05) is 41.9 Å². The molecule has 3 rings (SSSR count). The smallest absolute Gasteiger partial charge is 0.283 e. The summed E-state index contributed by atoms with van der Waals surface area (Å²) < 4.78 is 63.5. The fourth-order valence-corrected chi connectivity index (χ4v) is 6.30. The number of nitrogens with zero attached hydrogens (tertiary/aromatic N) is 2. The topological polar surface area (TPSA) is 124 Å². The molecule has 168 valence electrons. The monoisotopic (exact) mass is 560 g/mol. The van der Waals surface area contributed by atoms with Crippen LogP contribution in [-0.2, 0) is 26.5 Å². The summed E-state index contributed by atoms with van der Waals surface area (Å²) in [6.07, 6.45) is 3.39. The zero-order valence-electron chi connectivity index (χ0n) is 16.0. The number of benzene rings is 2. The number of hydrogen-bond donors (Lipinski definition) is 2. The molecule has 13 heteroatoms. The van der Waals surface area contributed by atoms with Gasteiger partial charge in [-0.15, -0.1) is 4.48 Å². The molecule has 0 aliphatic heterocycles. The van der Waals surface area contributed by atoms with Crippen molar-refractivity contribution in [3.8, 4) is 0 Å². The molecule has 2 aromatic carbocycles. The first-order valence-electron chi connectivity index (χ1n) is 8.79. The van der Waals surface area contributed by atoms with Crippen LogP contribution in [0.3, 0.4) is 0 Å². The molecule has 0 amide bonds. The van der Waals surface area contributed by atoms with E-state index in [2.05, 4.69) is 25.9 Å². The van der Waals surface area contributed by atoms with Gasteiger partial charge < -0.3 is 4.98 Å². The first-order valence-corrected chi connectivity index (χ1v) is 12.8. The number of H-pyrrole nitrogens is 1. The van der Waals surface area contributed by atoms with E-state index in [1.54, 1.807) is 6.20 Å². The lowest BCUT2D eigenvalue weighted by atomic mass is 10.2. The van der Waals surface area contributed by atoms with E-state index in [1.807, 2.05) is 0 Å². The van der Waals surface area contributed by atoms with Crippen molar-refractivity contribution in [3.05, 3.63) is 76.4 Å². The highest BCUT2D eigenvalue weighted by Crippen LogP contribution is 2.28. The van der Waals surface area contributed by atoms with Crippen LogP contribution in [0.25, 0.3) is 0 Å². The number of sulfonamides is 2. The lowest BCUT2D eigenvalue weighted by Gasteiger charge is -2.13. The highest BCUT2D eigenvalue weighted by atomic mass is 79.9. The van der Waals surface area contributed by atoms with E-state index in [9.17, 15) is 21.3 Å². The Balaban J connectivity index is 1.77. The van der Waals surface area contributed by atoms with Gasteiger partial charge in [-0.3, -0.25) is 5.41 Å². The lowest BCUT2D eigenvalue weighted by Crippen LogP contribution is -2.29. The minimum atomic E-state index is -4.94. The van der Waals surface area contributed by atoms with E-state index in [4.69, 9.17) is 17.0 Å². The van der Waals surface area contributed by atoms with Gasteiger partial charge in [-0.05, 0) is 45.8 Å². The van der Waals surface area contributed by atoms with Crippen LogP contribution in [0.5, 0.6) is 0 Å². The fourth-order valence-electron chi connectivity index (χ4n) is 2.63. The van der Waals surface area contributed by atoms with Gasteiger partial charge in [0.2, 0.25) is 0 Å². The SMILES string of the molecule is N=C(Cl)c1c(Br)c[nH]c1/N=C\Cc1ccc(S(=O)(=O)N(F)S(=O)(=O)c2ccccc2)cc1. The molecule has 0 aliphatic carbocycles. The molecular formula is C19H15BrClFN4O4S2. The highest BCUT2D eigenvalue weighted by Gasteiger charge is 2.37. The van der Waals surface area contributed by atoms with E-state index in [1.165, 1.54) is 36.5 Å². The Labute approximate surface area is 197 Å². The number of aromatic amines is 1. The molecule has 1 heterocycles. The number of aromatic nitrogens is 1. The maximum absolute atomic E-state index is 14.5. The number of halogens is 3. The van der Waals surface area contributed by atoms with Crippen molar-refractivity contribution < 1.29 is 21.3 Å². The molecule has 0 spiro atoms. The van der Waals surface area contributed by atoms with Crippen LogP contribution in [0.2, 0.25) is 0 Å². The van der Waals surface area contributed by atoms with Gasteiger partial charge in [0.15, 0.2) is 0 Å². The Morgan fingerprint density at radius 3 is 2.19 bits per heavy atom. The molecule has 0 atom stereocenters. The summed E-state index contributed by atoms with van der Waals surface area (Å²) in [5, 5.41) is 7.36. The summed E-state index contributed by atoms with van der Waals surface area (Å²) in [5.41, 5.74) is 1.03. The summed E-state index contributed by atoms with van der Waals surface area (Å²) >= 11 is 8.99. The van der Waals surface area contributed by atoms with E-state index < -0.39 is 33.8 Å². The quantitative estimate of drug-likeness (QED) is 0.309. The Bertz CT molecular complexity index is 1380. The van der Waals surface area contributed by atoms with Gasteiger partial charge in [0.05, 0.1) is 19.3 Å². The Morgan fingerprint density at radius 1 is 1.06 bits per heavy atom. The molecule has 0 aliphatic rings. The molecule has 32 heavy (non-hydrogen) atoms. The molecule has 8 nitrogen and oxygen atoms in total. The van der Waals surface area contributed by atoms with Gasteiger partial charge in [-0.2, -0.15) is 0 Å². The molecule has 0 radical (unpaired) electrons. The predicted octanol–water partition coefficient (Wildman–Crippen LogP) is 4.55. The molecule has 1 aromatic heterocycles. The predicted molar refractivity (Wildman–Crippen MR) is 123 cm³/mol. The minimum absolute atomic E-state index is 0.193. The van der Waals surface area contributed by atoms with Crippen LogP contribution < -0.4 is 0 Å². The van der Waals surface area contributed by atoms with Crippen LogP contribution in [0.1, 0.15) is 11.1 Å². The largest absolute Gasteiger partial charge is 0.345 e. The maximum atomic E-state index is 14.5. The fraction of sp³-hybridized carbons (Fsp3) is 0.0526. The molecular weight excluding hydrogens is 547 g/mol. The average Bonchev–Trinajstić information content (AvgIpc) is 3.14. The Morgan fingerprint density at radius 2 is 1.62 bits per heavy atom. The summed E-state index contributed by atoms with van der Waals surface area (Å²) in [5.74, 6) is 0.371. The summed E-state index contributed by atoms with van der Waals surface area (Å²) in [4.78, 5) is 6.06. The maximum Gasteiger partial charge on any atom is 0.283 e. The van der Waals surface area contributed by atoms with Gasteiger partial charge in [0, 0.05) is 23.3 Å². The first kappa shape index (κ1) is 24.3. The van der Waals surface area contributed by atoms with Gasteiger partial charge in [0.25, 0.3) is 20.0 Å². The minimum Gasteiger partial charge on any atom is -0.345 e. The van der Waals surface area contributed by atoms with Crippen molar-refractivity contribution in [1.29, 1.82) is 5.41 Å². The van der Waals surface area contributed by atoms with Crippen molar-refractivity contribution >= 4 is 64.8 Å². The van der Waals surface area contributed by atoms with Crippen LogP contribution in [0.15, 0.2) is 80.1 Å². The van der Waals surface area contributed by atoms with Crippen LogP contribution >= 0.6 is 27.5 Å². The molecule has 0 unspecified atom stereocenters. The number of hydrogen-bond acceptors (Lipinski definition) is 6. The van der Waals surface area contributed by atoms with E-state index >= 15 is 0 Å². The summed E-state index contributed by atoms with van der Waals surface area (Å²) in [7, 11) is -9.83. The number of rotatable bonds is 8. The molecule has 0 saturated carbocycles. The van der Waals surface area contributed by atoms with Crippen molar-refractivity contribution in [1.82, 2.24) is 8.92 Å². The van der Waals surface area contributed by atoms with Crippen molar-refractivity contribution in [3.63, 3.8) is 0 Å². The molecule has 0 bridgehead atoms. The second-order valence-corrected chi connectivity index (χ2v) is 11.3. The van der Waals surface area contributed by atoms with Crippen LogP contribution in [0.4, 0.5) is 10.3 Å². The molecule has 3 aromatic rings. The van der Waals surface area contributed by atoms with E-state index in [0.29, 0.717) is 21.4 Å². The molecule has 0 saturated heterocycles. The lowest BCUT2D eigenvalue weighted by molar-refractivity contribution is 0.250. The van der Waals surface area contributed by atoms with Gasteiger partial charge in [0.1, 0.15) is 11.0 Å². The molecule has 2 N–H and O–H groups in total. The Kier molecular flexibility index (Phi) is 7.30. The normalized spacial score (nSPS) is 12.5. The second-order valence-electron chi connectivity index (χ2n) is 6.31. The average molecular weight is 562 g/mol. The number of aliphatic imine (C=N–C) groups is 1. The van der Waals surface area contributed by atoms with Gasteiger partial charge >= 0.3 is 0 Å². The zero-order valence-corrected chi connectivity index (χ0v) is 20.0. The second kappa shape index (κ2) is 9.63. The third kappa shape index (κ3) is 4.99. The highest BCUT2D eigenvalue weighted by molar-refractivity contribution is 9.10. The Hall–Kier alpha value is -2.38. The summed E-state index contributed by atoms with van der Waals surface area (Å²) in [6.45, 7) is 0.